The number of imidazole rings is 1. The minimum atomic E-state index is 0.835. The van der Waals surface area contributed by atoms with Gasteiger partial charge in [-0.2, -0.15) is 0 Å². The molecule has 3 rings (SSSR count). The van der Waals surface area contributed by atoms with Crippen LogP contribution < -0.4 is 5.32 Å². The van der Waals surface area contributed by atoms with Crippen molar-refractivity contribution in [3.63, 3.8) is 0 Å². The van der Waals surface area contributed by atoms with Crippen LogP contribution in [-0.2, 0) is 6.54 Å². The summed E-state index contributed by atoms with van der Waals surface area (Å²) in [6.07, 6.45) is 3.51. The Kier molecular flexibility index (Phi) is 3.66. The third-order valence-corrected chi connectivity index (χ3v) is 4.76. The van der Waals surface area contributed by atoms with E-state index in [1.165, 1.54) is 9.35 Å². The molecule has 0 aliphatic rings. The van der Waals surface area contributed by atoms with Gasteiger partial charge in [-0.3, -0.25) is 0 Å². The van der Waals surface area contributed by atoms with E-state index in [2.05, 4.69) is 66.9 Å². The number of anilines is 1. The molecule has 2 N–H and O–H groups in total. The lowest BCUT2D eigenvalue weighted by Gasteiger charge is -2.06. The summed E-state index contributed by atoms with van der Waals surface area (Å²) in [5.41, 5.74) is 3.29. The van der Waals surface area contributed by atoms with Gasteiger partial charge in [0.15, 0.2) is 0 Å². The molecule has 0 spiro atoms. The van der Waals surface area contributed by atoms with Crippen LogP contribution in [0.5, 0.6) is 0 Å². The zero-order valence-corrected chi connectivity index (χ0v) is 12.5. The predicted octanol–water partition coefficient (Wildman–Crippen LogP) is 4.51. The number of H-pyrrole nitrogens is 1. The van der Waals surface area contributed by atoms with E-state index in [9.17, 15) is 0 Å². The fourth-order valence-electron chi connectivity index (χ4n) is 1.81. The molecule has 19 heavy (non-hydrogen) atoms. The third kappa shape index (κ3) is 2.88. The summed E-state index contributed by atoms with van der Waals surface area (Å²) in [6.45, 7) is 0.835. The minimum Gasteiger partial charge on any atom is -0.380 e. The number of benzene rings is 1. The number of hydrogen-bond donors (Lipinski definition) is 2. The van der Waals surface area contributed by atoms with Crippen LogP contribution in [0.25, 0.3) is 11.3 Å². The number of hydrogen-bond acceptors (Lipinski definition) is 3. The van der Waals surface area contributed by atoms with Gasteiger partial charge in [0.1, 0.15) is 0 Å². The summed E-state index contributed by atoms with van der Waals surface area (Å²) in [4.78, 5) is 8.43. The Morgan fingerprint density at radius 2 is 2.05 bits per heavy atom. The Morgan fingerprint density at radius 3 is 2.68 bits per heavy atom. The molecule has 0 aliphatic heterocycles. The van der Waals surface area contributed by atoms with Crippen LogP contribution in [-0.4, -0.2) is 9.97 Å². The molecule has 2 heterocycles. The molecule has 0 saturated carbocycles. The van der Waals surface area contributed by atoms with Crippen LogP contribution in [0.2, 0.25) is 0 Å². The van der Waals surface area contributed by atoms with Crippen molar-refractivity contribution in [1.82, 2.24) is 9.97 Å². The van der Waals surface area contributed by atoms with E-state index in [4.69, 9.17) is 0 Å². The van der Waals surface area contributed by atoms with Crippen molar-refractivity contribution in [1.29, 1.82) is 0 Å². The zero-order chi connectivity index (χ0) is 13.1. The summed E-state index contributed by atoms with van der Waals surface area (Å²) < 4.78 is 1.17. The molecule has 3 aromatic rings. The highest BCUT2D eigenvalue weighted by Crippen LogP contribution is 2.24. The maximum atomic E-state index is 4.03. The van der Waals surface area contributed by atoms with Crippen LogP contribution in [0.1, 0.15) is 4.88 Å². The van der Waals surface area contributed by atoms with Crippen LogP contribution in [0.3, 0.4) is 0 Å². The molecule has 0 fully saturated rings. The second kappa shape index (κ2) is 5.59. The standard InChI is InChI=1S/C14H12BrN3S/c15-12-5-6-19-14(12)8-17-11-3-1-10(2-4-11)13-7-16-9-18-13/h1-7,9,17H,8H2,(H,16,18). The first-order chi connectivity index (χ1) is 9.33. The van der Waals surface area contributed by atoms with Gasteiger partial charge in [-0.05, 0) is 45.1 Å². The number of nitrogens with one attached hydrogen (secondary N) is 2. The predicted molar refractivity (Wildman–Crippen MR) is 83.4 cm³/mol. The lowest BCUT2D eigenvalue weighted by atomic mass is 10.1. The average Bonchev–Trinajstić information content (AvgIpc) is 3.09. The van der Waals surface area contributed by atoms with Crippen molar-refractivity contribution in [2.45, 2.75) is 6.54 Å². The van der Waals surface area contributed by atoms with Crippen LogP contribution >= 0.6 is 27.3 Å². The largest absolute Gasteiger partial charge is 0.380 e. The van der Waals surface area contributed by atoms with E-state index < -0.39 is 0 Å². The lowest BCUT2D eigenvalue weighted by Crippen LogP contribution is -1.97. The summed E-state index contributed by atoms with van der Waals surface area (Å²) in [5, 5.41) is 5.50. The fraction of sp³-hybridized carbons (Fsp3) is 0.0714. The molecule has 0 atom stereocenters. The van der Waals surface area contributed by atoms with Gasteiger partial charge in [-0.25, -0.2) is 4.98 Å². The molecule has 96 valence electrons. The topological polar surface area (TPSA) is 40.7 Å². The molecule has 0 saturated heterocycles. The van der Waals surface area contributed by atoms with Crippen molar-refractivity contribution < 1.29 is 0 Å². The lowest BCUT2D eigenvalue weighted by molar-refractivity contribution is 1.18. The Morgan fingerprint density at radius 1 is 1.21 bits per heavy atom. The van der Waals surface area contributed by atoms with Crippen molar-refractivity contribution in [3.05, 3.63) is 57.6 Å². The van der Waals surface area contributed by atoms with E-state index in [0.29, 0.717) is 0 Å². The Hall–Kier alpha value is -1.59. The number of aromatic nitrogens is 2. The molecule has 0 unspecified atom stereocenters. The Labute approximate surface area is 123 Å². The van der Waals surface area contributed by atoms with Gasteiger partial charge < -0.3 is 10.3 Å². The molecule has 3 nitrogen and oxygen atoms in total. The average molecular weight is 334 g/mol. The minimum absolute atomic E-state index is 0.835. The normalized spacial score (nSPS) is 10.6. The van der Waals surface area contributed by atoms with E-state index in [-0.39, 0.29) is 0 Å². The Bertz CT molecular complexity index is 644. The van der Waals surface area contributed by atoms with E-state index in [1.807, 2.05) is 6.20 Å². The quantitative estimate of drug-likeness (QED) is 0.737. The molecule has 0 amide bonds. The van der Waals surface area contributed by atoms with Gasteiger partial charge in [0, 0.05) is 15.0 Å². The second-order valence-electron chi connectivity index (χ2n) is 4.09. The molecule has 0 bridgehead atoms. The van der Waals surface area contributed by atoms with Crippen LogP contribution in [0.15, 0.2) is 52.7 Å². The number of nitrogens with zero attached hydrogens (tertiary/aromatic N) is 1. The monoisotopic (exact) mass is 333 g/mol. The maximum absolute atomic E-state index is 4.03. The van der Waals surface area contributed by atoms with Crippen LogP contribution in [0, 0.1) is 0 Å². The molecule has 0 radical (unpaired) electrons. The molecule has 2 aromatic heterocycles. The van der Waals surface area contributed by atoms with Gasteiger partial charge in [-0.1, -0.05) is 12.1 Å². The first-order valence-corrected chi connectivity index (χ1v) is 7.55. The van der Waals surface area contributed by atoms with Gasteiger partial charge in [0.25, 0.3) is 0 Å². The summed E-state index contributed by atoms with van der Waals surface area (Å²) in [7, 11) is 0. The highest BCUT2D eigenvalue weighted by atomic mass is 79.9. The summed E-state index contributed by atoms with van der Waals surface area (Å²) in [6, 6.07) is 10.4. The number of halogens is 1. The van der Waals surface area contributed by atoms with Crippen molar-refractivity contribution >= 4 is 33.0 Å². The van der Waals surface area contributed by atoms with Gasteiger partial charge in [0.2, 0.25) is 0 Å². The molecular weight excluding hydrogens is 322 g/mol. The number of rotatable bonds is 4. The van der Waals surface area contributed by atoms with E-state index in [1.54, 1.807) is 17.7 Å². The van der Waals surface area contributed by atoms with E-state index in [0.717, 1.165) is 23.5 Å². The van der Waals surface area contributed by atoms with Gasteiger partial charge >= 0.3 is 0 Å². The SMILES string of the molecule is Brc1ccsc1CNc1ccc(-c2cnc[nH]2)cc1. The van der Waals surface area contributed by atoms with Crippen LogP contribution in [0.4, 0.5) is 5.69 Å². The fourth-order valence-corrected chi connectivity index (χ4v) is 3.25. The Balaban J connectivity index is 1.68. The van der Waals surface area contributed by atoms with Crippen molar-refractivity contribution in [2.24, 2.45) is 0 Å². The highest BCUT2D eigenvalue weighted by Gasteiger charge is 2.02. The highest BCUT2D eigenvalue weighted by molar-refractivity contribution is 9.10. The molecular formula is C14H12BrN3S. The third-order valence-electron chi connectivity index (χ3n) is 2.84. The first-order valence-electron chi connectivity index (χ1n) is 5.87. The molecule has 0 aliphatic carbocycles. The van der Waals surface area contributed by atoms with E-state index >= 15 is 0 Å². The maximum Gasteiger partial charge on any atom is 0.0924 e. The molecule has 5 heteroatoms. The van der Waals surface area contributed by atoms with Crippen molar-refractivity contribution in [3.8, 4) is 11.3 Å². The van der Waals surface area contributed by atoms with Gasteiger partial charge in [-0.15, -0.1) is 11.3 Å². The van der Waals surface area contributed by atoms with Crippen molar-refractivity contribution in [2.75, 3.05) is 5.32 Å². The summed E-state index contributed by atoms with van der Waals surface area (Å²) >= 11 is 5.28. The number of thiophene rings is 1. The summed E-state index contributed by atoms with van der Waals surface area (Å²) in [5.74, 6) is 0. The first kappa shape index (κ1) is 12.4. The second-order valence-corrected chi connectivity index (χ2v) is 5.94. The zero-order valence-electron chi connectivity index (χ0n) is 10.1. The smallest absolute Gasteiger partial charge is 0.0924 e. The number of aromatic amines is 1. The molecule has 1 aromatic carbocycles. The van der Waals surface area contributed by atoms with Gasteiger partial charge in [0.05, 0.1) is 24.8 Å².